The molecule has 1 aromatic carbocycles. The Balaban J connectivity index is 1.85. The van der Waals surface area contributed by atoms with E-state index in [1.165, 1.54) is 31.2 Å². The zero-order chi connectivity index (χ0) is 12.6. The van der Waals surface area contributed by atoms with Crippen LogP contribution in [0.2, 0.25) is 0 Å². The lowest BCUT2D eigenvalue weighted by Gasteiger charge is -2.29. The topological polar surface area (TPSA) is 4.36 Å². The average Bonchev–Trinajstić information content (AvgIpc) is 2.64. The molecule has 0 N–H and O–H groups in total. The van der Waals surface area contributed by atoms with Crippen LogP contribution in [0.5, 0.6) is 0 Å². The Kier molecular flexibility index (Phi) is 2.90. The fourth-order valence-corrected chi connectivity index (χ4v) is 4.08. The van der Waals surface area contributed by atoms with Crippen LogP contribution in [0.3, 0.4) is 0 Å². The first-order valence-corrected chi connectivity index (χ1v) is 7.14. The van der Waals surface area contributed by atoms with Crippen molar-refractivity contribution in [2.24, 2.45) is 17.3 Å². The summed E-state index contributed by atoms with van der Waals surface area (Å²) in [5, 5.41) is 0. The molecular weight excluding hydrogens is 218 g/mol. The highest BCUT2D eigenvalue weighted by Gasteiger charge is 2.54. The third-order valence-corrected chi connectivity index (χ3v) is 5.39. The highest BCUT2D eigenvalue weighted by atomic mass is 14.8. The molecule has 2 aliphatic rings. The molecule has 0 aromatic heterocycles. The van der Waals surface area contributed by atoms with Crippen molar-refractivity contribution in [3.63, 3.8) is 0 Å². The quantitative estimate of drug-likeness (QED) is 0.691. The third kappa shape index (κ3) is 1.85. The van der Waals surface area contributed by atoms with Gasteiger partial charge in [-0.25, -0.2) is 6.57 Å². The molecule has 0 heterocycles. The number of hydrogen-bond donors (Lipinski definition) is 0. The molecular formula is C17H21N. The maximum Gasteiger partial charge on any atom is 0.226 e. The van der Waals surface area contributed by atoms with E-state index in [4.69, 9.17) is 6.57 Å². The van der Waals surface area contributed by atoms with Crippen LogP contribution in [0.15, 0.2) is 30.3 Å². The van der Waals surface area contributed by atoms with Gasteiger partial charge in [0.2, 0.25) is 6.04 Å². The number of benzene rings is 1. The van der Waals surface area contributed by atoms with Gasteiger partial charge in [0.05, 0.1) is 0 Å². The molecule has 0 aliphatic heterocycles. The van der Waals surface area contributed by atoms with E-state index in [2.05, 4.69) is 42.1 Å². The van der Waals surface area contributed by atoms with Gasteiger partial charge in [-0.2, -0.15) is 0 Å². The normalized spacial score (nSPS) is 35.3. The lowest BCUT2D eigenvalue weighted by Crippen LogP contribution is -2.31. The van der Waals surface area contributed by atoms with Crippen LogP contribution in [0.4, 0.5) is 0 Å². The van der Waals surface area contributed by atoms with Crippen LogP contribution >= 0.6 is 0 Å². The molecule has 0 amide bonds. The van der Waals surface area contributed by atoms with Gasteiger partial charge in [-0.05, 0) is 49.5 Å². The van der Waals surface area contributed by atoms with Crippen LogP contribution in [0, 0.1) is 23.8 Å². The zero-order valence-corrected chi connectivity index (χ0v) is 11.1. The number of nitrogens with zero attached hydrogens (tertiary/aromatic N) is 1. The largest absolute Gasteiger partial charge is 0.313 e. The van der Waals surface area contributed by atoms with E-state index in [1.54, 1.807) is 0 Å². The van der Waals surface area contributed by atoms with Crippen molar-refractivity contribution >= 4 is 0 Å². The minimum atomic E-state index is 0.170. The lowest BCUT2D eigenvalue weighted by atomic mass is 9.74. The second-order valence-corrected chi connectivity index (χ2v) is 6.34. The molecule has 0 radical (unpaired) electrons. The summed E-state index contributed by atoms with van der Waals surface area (Å²) < 4.78 is 0. The van der Waals surface area contributed by atoms with E-state index in [-0.39, 0.29) is 11.5 Å². The van der Waals surface area contributed by atoms with Gasteiger partial charge < -0.3 is 4.85 Å². The average molecular weight is 239 g/mol. The molecule has 0 spiro atoms. The van der Waals surface area contributed by atoms with Crippen molar-refractivity contribution in [3.05, 3.63) is 47.3 Å². The summed E-state index contributed by atoms with van der Waals surface area (Å²) in [6.07, 6.45) is 6.49. The van der Waals surface area contributed by atoms with Gasteiger partial charge in [0.1, 0.15) is 0 Å². The van der Waals surface area contributed by atoms with Gasteiger partial charge in [0, 0.05) is 12.3 Å². The first kappa shape index (κ1) is 11.8. The van der Waals surface area contributed by atoms with E-state index in [1.807, 2.05) is 0 Å². The molecule has 1 aromatic rings. The standard InChI is InChI=1S/C17H21N/c1-13(18-2)17(10-14-6-4-3-5-7-14)11-15-8-9-16(15)12-17/h3-7,13,15-16H,8-12H2,1H3/t13?,15-,16+,17?. The van der Waals surface area contributed by atoms with E-state index in [9.17, 15) is 0 Å². The predicted molar refractivity (Wildman–Crippen MR) is 74.1 cm³/mol. The summed E-state index contributed by atoms with van der Waals surface area (Å²) in [6.45, 7) is 9.58. The van der Waals surface area contributed by atoms with Gasteiger partial charge in [-0.15, -0.1) is 0 Å². The summed E-state index contributed by atoms with van der Waals surface area (Å²) in [7, 11) is 0. The van der Waals surface area contributed by atoms with Crippen molar-refractivity contribution in [2.45, 2.75) is 45.1 Å². The Morgan fingerprint density at radius 2 is 1.83 bits per heavy atom. The third-order valence-electron chi connectivity index (χ3n) is 5.39. The van der Waals surface area contributed by atoms with E-state index in [0.29, 0.717) is 0 Å². The monoisotopic (exact) mass is 239 g/mol. The van der Waals surface area contributed by atoms with Gasteiger partial charge in [0.25, 0.3) is 0 Å². The fraction of sp³-hybridized carbons (Fsp3) is 0.588. The maximum atomic E-state index is 7.44. The molecule has 18 heavy (non-hydrogen) atoms. The van der Waals surface area contributed by atoms with E-state index < -0.39 is 0 Å². The lowest BCUT2D eigenvalue weighted by molar-refractivity contribution is 0.219. The van der Waals surface area contributed by atoms with Crippen molar-refractivity contribution in [1.82, 2.24) is 0 Å². The summed E-state index contributed by atoms with van der Waals surface area (Å²) >= 11 is 0. The molecule has 1 heteroatoms. The maximum absolute atomic E-state index is 7.44. The smallest absolute Gasteiger partial charge is 0.226 e. The van der Waals surface area contributed by atoms with Gasteiger partial charge in [-0.3, -0.25) is 0 Å². The van der Waals surface area contributed by atoms with Crippen molar-refractivity contribution in [2.75, 3.05) is 0 Å². The van der Waals surface area contributed by atoms with Crippen LogP contribution < -0.4 is 0 Å². The first-order chi connectivity index (χ1) is 8.73. The number of hydrogen-bond acceptors (Lipinski definition) is 0. The summed E-state index contributed by atoms with van der Waals surface area (Å²) in [5.74, 6) is 1.86. The molecule has 4 atom stereocenters. The number of rotatable bonds is 3. The molecule has 2 unspecified atom stereocenters. The molecule has 2 aliphatic carbocycles. The Morgan fingerprint density at radius 1 is 1.22 bits per heavy atom. The van der Waals surface area contributed by atoms with Crippen molar-refractivity contribution in [3.8, 4) is 0 Å². The Morgan fingerprint density at radius 3 is 2.33 bits per heavy atom. The number of fused-ring (bicyclic) bond motifs is 1. The SMILES string of the molecule is [C-]#[N+]C(C)C1(Cc2ccccc2)C[C@H]2CC[C@H]2C1. The van der Waals surface area contributed by atoms with Crippen LogP contribution in [0.1, 0.15) is 38.2 Å². The van der Waals surface area contributed by atoms with Crippen LogP contribution in [-0.4, -0.2) is 6.04 Å². The van der Waals surface area contributed by atoms with Crippen molar-refractivity contribution in [1.29, 1.82) is 0 Å². The molecule has 2 saturated carbocycles. The molecule has 0 bridgehead atoms. The van der Waals surface area contributed by atoms with Gasteiger partial charge in [0.15, 0.2) is 0 Å². The summed E-state index contributed by atoms with van der Waals surface area (Å²) in [6, 6.07) is 10.9. The minimum absolute atomic E-state index is 0.170. The molecule has 1 nitrogen and oxygen atoms in total. The Hall–Kier alpha value is -1.29. The fourth-order valence-electron chi connectivity index (χ4n) is 4.08. The van der Waals surface area contributed by atoms with Crippen LogP contribution in [-0.2, 0) is 6.42 Å². The van der Waals surface area contributed by atoms with Crippen LogP contribution in [0.25, 0.3) is 4.85 Å². The first-order valence-electron chi connectivity index (χ1n) is 7.14. The summed E-state index contributed by atoms with van der Waals surface area (Å²) in [5.41, 5.74) is 1.67. The second-order valence-electron chi connectivity index (χ2n) is 6.34. The Bertz CT molecular complexity index is 444. The van der Waals surface area contributed by atoms with Gasteiger partial charge in [-0.1, -0.05) is 30.3 Å². The molecule has 0 saturated heterocycles. The zero-order valence-electron chi connectivity index (χ0n) is 11.1. The highest BCUT2D eigenvalue weighted by molar-refractivity contribution is 5.20. The second kappa shape index (κ2) is 4.43. The summed E-state index contributed by atoms with van der Waals surface area (Å²) in [4.78, 5) is 3.89. The van der Waals surface area contributed by atoms with E-state index >= 15 is 0 Å². The molecule has 94 valence electrons. The molecule has 3 rings (SSSR count). The highest BCUT2D eigenvalue weighted by Crippen LogP contribution is 2.58. The van der Waals surface area contributed by atoms with E-state index in [0.717, 1.165) is 18.3 Å². The predicted octanol–water partition coefficient (Wildman–Crippen LogP) is 4.34. The van der Waals surface area contributed by atoms with Gasteiger partial charge >= 0.3 is 0 Å². The molecule has 2 fully saturated rings. The minimum Gasteiger partial charge on any atom is -0.313 e. The Labute approximate surface area is 110 Å². The van der Waals surface area contributed by atoms with Crippen molar-refractivity contribution < 1.29 is 0 Å².